The Labute approximate surface area is 101 Å². The minimum atomic E-state index is -0.0434. The third-order valence-corrected chi connectivity index (χ3v) is 3.01. The van der Waals surface area contributed by atoms with Crippen LogP contribution in [0.4, 0.5) is 11.4 Å². The Morgan fingerprint density at radius 1 is 1.59 bits per heavy atom. The van der Waals surface area contributed by atoms with E-state index in [1.807, 2.05) is 18.2 Å². The number of anilines is 2. The number of methoxy groups -OCH3 is 1. The van der Waals surface area contributed by atoms with E-state index in [1.54, 1.807) is 7.11 Å². The number of morpholine rings is 1. The molecule has 17 heavy (non-hydrogen) atoms. The van der Waals surface area contributed by atoms with Gasteiger partial charge >= 0.3 is 0 Å². The van der Waals surface area contributed by atoms with Gasteiger partial charge in [0.1, 0.15) is 5.75 Å². The number of aliphatic hydroxyl groups is 1. The Kier molecular flexibility index (Phi) is 3.71. The summed E-state index contributed by atoms with van der Waals surface area (Å²) in [6, 6.07) is 5.62. The van der Waals surface area contributed by atoms with E-state index in [4.69, 9.17) is 15.2 Å². The molecule has 0 spiro atoms. The van der Waals surface area contributed by atoms with Crippen LogP contribution in [0.5, 0.6) is 5.75 Å². The van der Waals surface area contributed by atoms with Gasteiger partial charge in [-0.05, 0) is 12.1 Å². The number of ether oxygens (including phenoxy) is 2. The quantitative estimate of drug-likeness (QED) is 0.749. The zero-order valence-corrected chi connectivity index (χ0v) is 9.93. The number of benzene rings is 1. The molecule has 1 heterocycles. The van der Waals surface area contributed by atoms with Crippen molar-refractivity contribution in [3.8, 4) is 5.75 Å². The summed E-state index contributed by atoms with van der Waals surface area (Å²) in [5, 5.41) is 9.35. The molecular formula is C12H18N2O3. The minimum absolute atomic E-state index is 0.0434. The van der Waals surface area contributed by atoms with Crippen molar-refractivity contribution in [1.29, 1.82) is 0 Å². The zero-order valence-electron chi connectivity index (χ0n) is 9.93. The van der Waals surface area contributed by atoms with Crippen molar-refractivity contribution in [2.24, 2.45) is 0 Å². The zero-order chi connectivity index (χ0) is 12.3. The van der Waals surface area contributed by atoms with Crippen LogP contribution in [0.2, 0.25) is 0 Å². The summed E-state index contributed by atoms with van der Waals surface area (Å²) in [6.45, 7) is 1.94. The smallest absolute Gasteiger partial charge is 0.143 e. The molecule has 1 saturated heterocycles. The first kappa shape index (κ1) is 12.0. The van der Waals surface area contributed by atoms with Crippen LogP contribution in [-0.4, -0.2) is 44.6 Å². The summed E-state index contributed by atoms with van der Waals surface area (Å²) in [4.78, 5) is 2.07. The number of para-hydroxylation sites is 1. The van der Waals surface area contributed by atoms with Gasteiger partial charge in [0, 0.05) is 6.54 Å². The molecule has 1 atom stereocenters. The summed E-state index contributed by atoms with van der Waals surface area (Å²) in [5.74, 6) is 0.658. The average Bonchev–Trinajstić information content (AvgIpc) is 2.39. The maximum Gasteiger partial charge on any atom is 0.143 e. The van der Waals surface area contributed by atoms with Crippen molar-refractivity contribution in [2.45, 2.75) is 6.04 Å². The molecule has 0 radical (unpaired) electrons. The molecule has 5 nitrogen and oxygen atoms in total. The molecule has 3 N–H and O–H groups in total. The number of nitrogen functional groups attached to an aromatic ring is 1. The van der Waals surface area contributed by atoms with Crippen LogP contribution in [-0.2, 0) is 4.74 Å². The lowest BCUT2D eigenvalue weighted by Crippen LogP contribution is -2.47. The number of aliphatic hydroxyl groups excluding tert-OH is 1. The second-order valence-corrected chi connectivity index (χ2v) is 4.00. The fourth-order valence-electron chi connectivity index (χ4n) is 2.08. The highest BCUT2D eigenvalue weighted by molar-refractivity contribution is 5.74. The maximum absolute atomic E-state index is 9.35. The summed E-state index contributed by atoms with van der Waals surface area (Å²) in [7, 11) is 1.60. The van der Waals surface area contributed by atoms with Gasteiger partial charge in [-0.1, -0.05) is 6.07 Å². The molecule has 1 aromatic rings. The standard InChI is InChI=1S/C12H18N2O3/c1-16-11-4-2-3-10(12(11)13)14-5-6-17-8-9(14)7-15/h2-4,9,15H,5-8,13H2,1H3. The van der Waals surface area contributed by atoms with E-state index in [2.05, 4.69) is 4.90 Å². The molecule has 1 aliphatic heterocycles. The van der Waals surface area contributed by atoms with Gasteiger partial charge < -0.3 is 25.2 Å². The molecule has 1 fully saturated rings. The van der Waals surface area contributed by atoms with Gasteiger partial charge in [-0.15, -0.1) is 0 Å². The molecule has 0 aliphatic carbocycles. The van der Waals surface area contributed by atoms with Crippen LogP contribution >= 0.6 is 0 Å². The van der Waals surface area contributed by atoms with E-state index in [1.165, 1.54) is 0 Å². The predicted molar refractivity (Wildman–Crippen MR) is 66.4 cm³/mol. The SMILES string of the molecule is COc1cccc(N2CCOCC2CO)c1N. The first-order chi connectivity index (χ1) is 8.27. The number of rotatable bonds is 3. The summed E-state index contributed by atoms with van der Waals surface area (Å²) >= 11 is 0. The summed E-state index contributed by atoms with van der Waals surface area (Å²) in [5.41, 5.74) is 7.55. The van der Waals surface area contributed by atoms with Gasteiger partial charge in [-0.25, -0.2) is 0 Å². The van der Waals surface area contributed by atoms with Crippen LogP contribution < -0.4 is 15.4 Å². The number of hydrogen-bond acceptors (Lipinski definition) is 5. The molecule has 1 aromatic carbocycles. The number of hydrogen-bond donors (Lipinski definition) is 2. The minimum Gasteiger partial charge on any atom is -0.495 e. The molecule has 1 aliphatic rings. The molecule has 0 amide bonds. The Hall–Kier alpha value is -1.46. The Bertz CT molecular complexity index is 384. The fourth-order valence-corrected chi connectivity index (χ4v) is 2.08. The van der Waals surface area contributed by atoms with Gasteiger partial charge in [0.2, 0.25) is 0 Å². The third kappa shape index (κ3) is 2.30. The lowest BCUT2D eigenvalue weighted by Gasteiger charge is -2.37. The van der Waals surface area contributed by atoms with Crippen LogP contribution in [0.25, 0.3) is 0 Å². The summed E-state index contributed by atoms with van der Waals surface area (Å²) < 4.78 is 10.5. The van der Waals surface area contributed by atoms with Gasteiger partial charge in [-0.2, -0.15) is 0 Å². The average molecular weight is 238 g/mol. The van der Waals surface area contributed by atoms with Crippen molar-refractivity contribution in [3.63, 3.8) is 0 Å². The first-order valence-corrected chi connectivity index (χ1v) is 5.65. The van der Waals surface area contributed by atoms with Crippen LogP contribution in [0.1, 0.15) is 0 Å². The van der Waals surface area contributed by atoms with Gasteiger partial charge in [0.25, 0.3) is 0 Å². The molecule has 0 saturated carbocycles. The Morgan fingerprint density at radius 2 is 2.41 bits per heavy atom. The van der Waals surface area contributed by atoms with Gasteiger partial charge in [-0.3, -0.25) is 0 Å². The second-order valence-electron chi connectivity index (χ2n) is 4.00. The lowest BCUT2D eigenvalue weighted by atomic mass is 10.1. The molecular weight excluding hydrogens is 220 g/mol. The normalized spacial score (nSPS) is 20.4. The van der Waals surface area contributed by atoms with Gasteiger partial charge in [0.05, 0.1) is 44.3 Å². The van der Waals surface area contributed by atoms with Crippen molar-refractivity contribution < 1.29 is 14.6 Å². The van der Waals surface area contributed by atoms with Crippen LogP contribution in [0.15, 0.2) is 18.2 Å². The van der Waals surface area contributed by atoms with Crippen molar-refractivity contribution in [2.75, 3.05) is 44.1 Å². The largest absolute Gasteiger partial charge is 0.495 e. The molecule has 1 unspecified atom stereocenters. The third-order valence-electron chi connectivity index (χ3n) is 3.01. The second kappa shape index (κ2) is 5.25. The van der Waals surface area contributed by atoms with Crippen molar-refractivity contribution in [3.05, 3.63) is 18.2 Å². The highest BCUT2D eigenvalue weighted by Crippen LogP contribution is 2.33. The predicted octanol–water partition coefficient (Wildman–Crippen LogP) is 0.475. The molecule has 0 aromatic heterocycles. The van der Waals surface area contributed by atoms with Crippen molar-refractivity contribution >= 4 is 11.4 Å². The monoisotopic (exact) mass is 238 g/mol. The number of nitrogens with zero attached hydrogens (tertiary/aromatic N) is 1. The van der Waals surface area contributed by atoms with Crippen LogP contribution in [0, 0.1) is 0 Å². The molecule has 94 valence electrons. The lowest BCUT2D eigenvalue weighted by molar-refractivity contribution is 0.0728. The molecule has 5 heteroatoms. The highest BCUT2D eigenvalue weighted by atomic mass is 16.5. The van der Waals surface area contributed by atoms with E-state index >= 15 is 0 Å². The first-order valence-electron chi connectivity index (χ1n) is 5.65. The molecule has 0 bridgehead atoms. The number of nitrogens with two attached hydrogens (primary N) is 1. The van der Waals surface area contributed by atoms with Gasteiger partial charge in [0.15, 0.2) is 0 Å². The van der Waals surface area contributed by atoms with E-state index in [-0.39, 0.29) is 12.6 Å². The van der Waals surface area contributed by atoms with Crippen molar-refractivity contribution in [1.82, 2.24) is 0 Å². The topological polar surface area (TPSA) is 68.0 Å². The Morgan fingerprint density at radius 3 is 3.12 bits per heavy atom. The van der Waals surface area contributed by atoms with E-state index in [0.717, 1.165) is 12.2 Å². The van der Waals surface area contributed by atoms with E-state index in [9.17, 15) is 5.11 Å². The maximum atomic E-state index is 9.35. The fraction of sp³-hybridized carbons (Fsp3) is 0.500. The molecule has 2 rings (SSSR count). The van der Waals surface area contributed by atoms with Crippen LogP contribution in [0.3, 0.4) is 0 Å². The van der Waals surface area contributed by atoms with E-state index < -0.39 is 0 Å². The van der Waals surface area contributed by atoms with E-state index in [0.29, 0.717) is 24.7 Å². The highest BCUT2D eigenvalue weighted by Gasteiger charge is 2.24. The Balaban J connectivity index is 2.31. The summed E-state index contributed by atoms with van der Waals surface area (Å²) in [6.07, 6.45) is 0.